The maximum Gasteiger partial charge on any atom is 0.190 e. The fourth-order valence-corrected chi connectivity index (χ4v) is 3.40. The predicted octanol–water partition coefficient (Wildman–Crippen LogP) is 2.78. The molecule has 0 spiro atoms. The van der Waals surface area contributed by atoms with Crippen LogP contribution >= 0.6 is 0 Å². The summed E-state index contributed by atoms with van der Waals surface area (Å²) in [5.74, 6) is 0.839. The van der Waals surface area contributed by atoms with E-state index in [0.717, 1.165) is 49.8 Å². The lowest BCUT2D eigenvalue weighted by Crippen LogP contribution is -2.39. The summed E-state index contributed by atoms with van der Waals surface area (Å²) >= 11 is 0. The van der Waals surface area contributed by atoms with Gasteiger partial charge in [0.2, 0.25) is 0 Å². The van der Waals surface area contributed by atoms with Crippen molar-refractivity contribution >= 4 is 11.6 Å². The van der Waals surface area contributed by atoms with Gasteiger partial charge in [0.25, 0.3) is 0 Å². The number of guanidine groups is 1. The van der Waals surface area contributed by atoms with E-state index in [9.17, 15) is 0 Å². The van der Waals surface area contributed by atoms with Crippen molar-refractivity contribution in [3.05, 3.63) is 36.3 Å². The number of aliphatic imine (C=N–C) groups is 1. The van der Waals surface area contributed by atoms with Crippen LogP contribution in [0.1, 0.15) is 44.2 Å². The van der Waals surface area contributed by atoms with Gasteiger partial charge >= 0.3 is 0 Å². The summed E-state index contributed by atoms with van der Waals surface area (Å²) < 4.78 is 8.01. The normalized spacial score (nSPS) is 16.1. The van der Waals surface area contributed by atoms with E-state index in [-0.39, 0.29) is 0 Å². The van der Waals surface area contributed by atoms with Gasteiger partial charge in [-0.3, -0.25) is 4.99 Å². The molecule has 2 N–H and O–H groups in total. The highest BCUT2D eigenvalue weighted by Gasteiger charge is 2.12. The van der Waals surface area contributed by atoms with Crippen molar-refractivity contribution in [1.82, 2.24) is 20.0 Å². The first-order valence-corrected chi connectivity index (χ1v) is 9.84. The van der Waals surface area contributed by atoms with Gasteiger partial charge in [-0.05, 0) is 31.4 Å². The van der Waals surface area contributed by atoms with E-state index in [4.69, 9.17) is 4.74 Å². The molecule has 26 heavy (non-hydrogen) atoms. The summed E-state index contributed by atoms with van der Waals surface area (Å²) in [6.45, 7) is 2.51. The molecule has 142 valence electrons. The molecule has 0 aromatic carbocycles. The fourth-order valence-electron chi connectivity index (χ4n) is 3.40. The second-order valence-corrected chi connectivity index (χ2v) is 6.86. The Kier molecular flexibility index (Phi) is 7.31. The van der Waals surface area contributed by atoms with Crippen LogP contribution < -0.4 is 10.6 Å². The van der Waals surface area contributed by atoms with Crippen LogP contribution in [-0.4, -0.2) is 48.2 Å². The van der Waals surface area contributed by atoms with Crippen molar-refractivity contribution < 1.29 is 4.74 Å². The van der Waals surface area contributed by atoms with Crippen LogP contribution in [0.5, 0.6) is 0 Å². The molecule has 1 fully saturated rings. The molecule has 0 aliphatic heterocycles. The van der Waals surface area contributed by atoms with E-state index in [0.29, 0.717) is 6.10 Å². The molecule has 6 heteroatoms. The largest absolute Gasteiger partial charge is 0.378 e. The first-order valence-electron chi connectivity index (χ1n) is 9.84. The van der Waals surface area contributed by atoms with Crippen LogP contribution in [0.25, 0.3) is 5.65 Å². The molecule has 1 aliphatic rings. The number of imidazole rings is 1. The zero-order chi connectivity index (χ0) is 18.0. The molecule has 2 heterocycles. The zero-order valence-electron chi connectivity index (χ0n) is 15.8. The summed E-state index contributed by atoms with van der Waals surface area (Å²) in [7, 11) is 1.80. The molecular formula is C20H31N5O. The highest BCUT2D eigenvalue weighted by molar-refractivity contribution is 5.79. The van der Waals surface area contributed by atoms with Crippen LogP contribution in [-0.2, 0) is 11.2 Å². The lowest BCUT2D eigenvalue weighted by atomic mass is 9.98. The lowest BCUT2D eigenvalue weighted by Gasteiger charge is -2.22. The van der Waals surface area contributed by atoms with Crippen molar-refractivity contribution in [1.29, 1.82) is 0 Å². The van der Waals surface area contributed by atoms with E-state index < -0.39 is 0 Å². The summed E-state index contributed by atoms with van der Waals surface area (Å²) in [6, 6.07) is 6.04. The SMILES string of the molecule is CN=C(NCCCOC1CCCCC1)NCCc1cn2ccccc2n1. The van der Waals surface area contributed by atoms with Gasteiger partial charge < -0.3 is 19.8 Å². The highest BCUT2D eigenvalue weighted by atomic mass is 16.5. The number of hydrogen-bond donors (Lipinski definition) is 2. The number of pyridine rings is 1. The van der Waals surface area contributed by atoms with Crippen LogP contribution in [0, 0.1) is 0 Å². The quantitative estimate of drug-likeness (QED) is 0.433. The Morgan fingerprint density at radius 2 is 2.08 bits per heavy atom. The van der Waals surface area contributed by atoms with Gasteiger partial charge in [-0.25, -0.2) is 4.98 Å². The minimum atomic E-state index is 0.492. The van der Waals surface area contributed by atoms with E-state index >= 15 is 0 Å². The number of fused-ring (bicyclic) bond motifs is 1. The molecule has 6 nitrogen and oxygen atoms in total. The van der Waals surface area contributed by atoms with Crippen molar-refractivity contribution in [2.75, 3.05) is 26.7 Å². The third-order valence-electron chi connectivity index (χ3n) is 4.83. The van der Waals surface area contributed by atoms with Crippen molar-refractivity contribution in [2.45, 2.75) is 51.0 Å². The van der Waals surface area contributed by atoms with E-state index in [1.807, 2.05) is 24.4 Å². The van der Waals surface area contributed by atoms with E-state index in [1.165, 1.54) is 32.1 Å². The molecule has 1 saturated carbocycles. The molecule has 0 atom stereocenters. The average Bonchev–Trinajstić information content (AvgIpc) is 3.10. The van der Waals surface area contributed by atoms with Gasteiger partial charge in [-0.15, -0.1) is 0 Å². The van der Waals surface area contributed by atoms with Gasteiger partial charge in [0.05, 0.1) is 11.8 Å². The summed E-state index contributed by atoms with van der Waals surface area (Å²) in [5, 5.41) is 6.70. The van der Waals surface area contributed by atoms with E-state index in [2.05, 4.69) is 31.2 Å². The number of ether oxygens (including phenoxy) is 1. The van der Waals surface area contributed by atoms with Gasteiger partial charge in [-0.1, -0.05) is 25.3 Å². The lowest BCUT2D eigenvalue weighted by molar-refractivity contribution is 0.0277. The van der Waals surface area contributed by atoms with Gasteiger partial charge in [0.15, 0.2) is 5.96 Å². The summed E-state index contributed by atoms with van der Waals surface area (Å²) in [4.78, 5) is 8.89. The van der Waals surface area contributed by atoms with Crippen molar-refractivity contribution in [3.63, 3.8) is 0 Å². The molecule has 2 aromatic heterocycles. The zero-order valence-corrected chi connectivity index (χ0v) is 15.8. The Hall–Kier alpha value is -2.08. The van der Waals surface area contributed by atoms with Gasteiger partial charge in [0.1, 0.15) is 5.65 Å². The van der Waals surface area contributed by atoms with Crippen molar-refractivity contribution in [2.24, 2.45) is 4.99 Å². The average molecular weight is 358 g/mol. The highest BCUT2D eigenvalue weighted by Crippen LogP contribution is 2.20. The van der Waals surface area contributed by atoms with Gasteiger partial charge in [0, 0.05) is 45.6 Å². The number of nitrogens with one attached hydrogen (secondary N) is 2. The molecule has 0 radical (unpaired) electrons. The molecule has 0 saturated heterocycles. The molecule has 0 unspecified atom stereocenters. The fraction of sp³-hybridized carbons (Fsp3) is 0.600. The van der Waals surface area contributed by atoms with Crippen LogP contribution in [0.3, 0.4) is 0 Å². The summed E-state index contributed by atoms with van der Waals surface area (Å²) in [5.41, 5.74) is 2.07. The minimum Gasteiger partial charge on any atom is -0.378 e. The van der Waals surface area contributed by atoms with Crippen LogP contribution in [0.2, 0.25) is 0 Å². The second-order valence-electron chi connectivity index (χ2n) is 6.86. The number of rotatable bonds is 8. The van der Waals surface area contributed by atoms with E-state index in [1.54, 1.807) is 7.05 Å². The summed E-state index contributed by atoms with van der Waals surface area (Å²) in [6.07, 6.45) is 13.0. The standard InChI is InChI=1S/C20H31N5O/c1-21-20(22-12-7-15-26-18-8-3-2-4-9-18)23-13-11-17-16-25-14-6-5-10-19(25)24-17/h5-6,10,14,16,18H,2-4,7-9,11-13,15H2,1H3,(H2,21,22,23). The monoisotopic (exact) mass is 357 g/mol. The molecule has 0 amide bonds. The van der Waals surface area contributed by atoms with Crippen molar-refractivity contribution in [3.8, 4) is 0 Å². The Labute approximate surface area is 156 Å². The second kappa shape index (κ2) is 10.2. The number of hydrogen-bond acceptors (Lipinski definition) is 3. The van der Waals surface area contributed by atoms with Gasteiger partial charge in [-0.2, -0.15) is 0 Å². The first-order chi connectivity index (χ1) is 12.8. The molecule has 0 bridgehead atoms. The first kappa shape index (κ1) is 18.7. The predicted molar refractivity (Wildman–Crippen MR) is 106 cm³/mol. The van der Waals surface area contributed by atoms with Crippen LogP contribution in [0.15, 0.2) is 35.6 Å². The number of nitrogens with zero attached hydrogens (tertiary/aromatic N) is 3. The minimum absolute atomic E-state index is 0.492. The molecule has 1 aliphatic carbocycles. The Balaban J connectivity index is 1.29. The molecule has 3 rings (SSSR count). The topological polar surface area (TPSA) is 63.0 Å². The Morgan fingerprint density at radius 3 is 2.88 bits per heavy atom. The molecule has 2 aromatic rings. The van der Waals surface area contributed by atoms with Crippen LogP contribution in [0.4, 0.5) is 0 Å². The smallest absolute Gasteiger partial charge is 0.190 e. The maximum absolute atomic E-state index is 5.96. The third-order valence-corrected chi connectivity index (χ3v) is 4.83. The maximum atomic E-state index is 5.96. The molecular weight excluding hydrogens is 326 g/mol. The Morgan fingerprint density at radius 1 is 1.23 bits per heavy atom. The third kappa shape index (κ3) is 5.73. The Bertz CT molecular complexity index is 657. The number of aromatic nitrogens is 2.